The monoisotopic (exact) mass is 329 g/mol. The van der Waals surface area contributed by atoms with Gasteiger partial charge in [-0.1, -0.05) is 12.1 Å². The van der Waals surface area contributed by atoms with Gasteiger partial charge in [-0.3, -0.25) is 9.59 Å². The number of aryl methyl sites for hydroxylation is 1. The molecule has 2 atom stereocenters. The third-order valence-electron chi connectivity index (χ3n) is 5.44. The topological polar surface area (TPSA) is 52.7 Å². The number of carbonyl (C=O) groups excluding carboxylic acids is 2. The maximum atomic E-state index is 12.9. The molecule has 0 aromatic heterocycles. The van der Waals surface area contributed by atoms with Crippen LogP contribution in [0.15, 0.2) is 18.2 Å². The highest BCUT2D eigenvalue weighted by Crippen LogP contribution is 2.31. The molecule has 2 saturated heterocycles. The molecule has 2 amide bonds. The molecule has 0 saturated carbocycles. The number of nitrogens with one attached hydrogen (secondary N) is 1. The van der Waals surface area contributed by atoms with Crippen LogP contribution < -0.4 is 10.2 Å². The fraction of sp³-hybridized carbons (Fsp3) is 0.579. The first kappa shape index (κ1) is 17.0. The molecular weight excluding hydrogens is 302 g/mol. The first-order valence-electron chi connectivity index (χ1n) is 8.84. The van der Waals surface area contributed by atoms with E-state index in [1.54, 1.807) is 4.90 Å². The van der Waals surface area contributed by atoms with Gasteiger partial charge in [0.1, 0.15) is 0 Å². The predicted octanol–water partition coefficient (Wildman–Crippen LogP) is 1.87. The first-order valence-corrected chi connectivity index (χ1v) is 8.84. The molecule has 5 nitrogen and oxygen atoms in total. The molecule has 2 fully saturated rings. The average molecular weight is 329 g/mol. The van der Waals surface area contributed by atoms with Crippen molar-refractivity contribution in [3.05, 3.63) is 29.3 Å². The highest BCUT2D eigenvalue weighted by atomic mass is 16.2. The molecule has 5 heteroatoms. The summed E-state index contributed by atoms with van der Waals surface area (Å²) in [6, 6.07) is 6.28. The molecule has 0 radical (unpaired) electrons. The highest BCUT2D eigenvalue weighted by molar-refractivity contribution is 6.01. The number of hydrogen-bond donors (Lipinski definition) is 1. The van der Waals surface area contributed by atoms with E-state index < -0.39 is 0 Å². The zero-order valence-electron chi connectivity index (χ0n) is 14.8. The zero-order chi connectivity index (χ0) is 17.3. The zero-order valence-corrected chi connectivity index (χ0v) is 14.8. The maximum absolute atomic E-state index is 12.9. The van der Waals surface area contributed by atoms with Gasteiger partial charge in [-0.25, -0.2) is 0 Å². The van der Waals surface area contributed by atoms with E-state index in [2.05, 4.69) is 18.3 Å². The largest absolute Gasteiger partial charge is 0.338 e. The molecule has 130 valence electrons. The highest BCUT2D eigenvalue weighted by Gasteiger charge is 2.40. The van der Waals surface area contributed by atoms with Gasteiger partial charge in [-0.15, -0.1) is 0 Å². The van der Waals surface area contributed by atoms with Crippen molar-refractivity contribution < 1.29 is 9.59 Å². The van der Waals surface area contributed by atoms with Crippen molar-refractivity contribution in [1.82, 2.24) is 10.2 Å². The van der Waals surface area contributed by atoms with Gasteiger partial charge in [0.25, 0.3) is 0 Å². The van der Waals surface area contributed by atoms with E-state index in [0.717, 1.165) is 37.2 Å². The van der Waals surface area contributed by atoms with Crippen molar-refractivity contribution in [1.29, 1.82) is 0 Å². The van der Waals surface area contributed by atoms with Gasteiger partial charge in [0, 0.05) is 37.8 Å². The Balaban J connectivity index is 1.75. The van der Waals surface area contributed by atoms with Crippen LogP contribution in [0.5, 0.6) is 0 Å². The number of rotatable bonds is 4. The summed E-state index contributed by atoms with van der Waals surface area (Å²) in [6.07, 6.45) is 2.43. The van der Waals surface area contributed by atoms with Crippen LogP contribution in [-0.2, 0) is 9.59 Å². The quantitative estimate of drug-likeness (QED) is 0.917. The first-order chi connectivity index (χ1) is 11.5. The minimum atomic E-state index is -0.213. The minimum Gasteiger partial charge on any atom is -0.338 e. The molecular formula is C19H27N3O2. The van der Waals surface area contributed by atoms with Crippen LogP contribution in [0, 0.1) is 19.8 Å². The van der Waals surface area contributed by atoms with Crippen LogP contribution in [-0.4, -0.2) is 49.4 Å². The Bertz CT molecular complexity index is 643. The number of nitrogens with zero attached hydrogens (tertiary/aromatic N) is 2. The van der Waals surface area contributed by atoms with E-state index >= 15 is 0 Å². The second-order valence-corrected chi connectivity index (χ2v) is 7.01. The molecule has 1 N–H and O–H groups in total. The van der Waals surface area contributed by atoms with Crippen LogP contribution >= 0.6 is 0 Å². The van der Waals surface area contributed by atoms with Crippen molar-refractivity contribution in [3.8, 4) is 0 Å². The second kappa shape index (κ2) is 6.93. The van der Waals surface area contributed by atoms with E-state index in [-0.39, 0.29) is 23.8 Å². The molecule has 1 aromatic carbocycles. The predicted molar refractivity (Wildman–Crippen MR) is 95.0 cm³/mol. The van der Waals surface area contributed by atoms with Crippen LogP contribution in [0.2, 0.25) is 0 Å². The number of benzene rings is 1. The lowest BCUT2D eigenvalue weighted by molar-refractivity contribution is -0.136. The van der Waals surface area contributed by atoms with Gasteiger partial charge in [-0.2, -0.15) is 0 Å². The number of likely N-dealkylation sites (N-methyl/N-ethyl adjacent to an activating group) is 1. The van der Waals surface area contributed by atoms with Crippen LogP contribution in [0.4, 0.5) is 5.69 Å². The van der Waals surface area contributed by atoms with E-state index in [9.17, 15) is 9.59 Å². The minimum absolute atomic E-state index is 0.0615. The van der Waals surface area contributed by atoms with Crippen LogP contribution in [0.25, 0.3) is 0 Å². The normalized spacial score (nSPS) is 24.0. The van der Waals surface area contributed by atoms with E-state index in [0.29, 0.717) is 13.0 Å². The summed E-state index contributed by atoms with van der Waals surface area (Å²) in [5, 5.41) is 3.17. The van der Waals surface area contributed by atoms with Crippen molar-refractivity contribution in [2.45, 2.75) is 39.2 Å². The third kappa shape index (κ3) is 3.05. The number of carbonyl (C=O) groups is 2. The van der Waals surface area contributed by atoms with E-state index in [1.807, 2.05) is 31.0 Å². The molecule has 24 heavy (non-hydrogen) atoms. The Morgan fingerprint density at radius 2 is 2.12 bits per heavy atom. The Morgan fingerprint density at radius 1 is 1.33 bits per heavy atom. The number of amides is 2. The fourth-order valence-electron chi connectivity index (χ4n) is 3.94. The maximum Gasteiger partial charge on any atom is 0.228 e. The van der Waals surface area contributed by atoms with Crippen LogP contribution in [0.1, 0.15) is 30.4 Å². The fourth-order valence-corrected chi connectivity index (χ4v) is 3.94. The molecule has 2 aliphatic heterocycles. The van der Waals surface area contributed by atoms with Gasteiger partial charge in [-0.05, 0) is 50.9 Å². The molecule has 0 bridgehead atoms. The molecule has 1 aromatic rings. The van der Waals surface area contributed by atoms with Gasteiger partial charge in [0.15, 0.2) is 0 Å². The Morgan fingerprint density at radius 3 is 2.88 bits per heavy atom. The van der Waals surface area contributed by atoms with Crippen molar-refractivity contribution in [2.24, 2.45) is 5.92 Å². The van der Waals surface area contributed by atoms with Crippen LogP contribution in [0.3, 0.4) is 0 Å². The summed E-state index contributed by atoms with van der Waals surface area (Å²) in [5.74, 6) is -0.00446. The molecule has 2 aliphatic rings. The SMILES string of the molecule is CNCC1CCCN1C(=O)C1CC(=O)N(c2cccc(C)c2C)C1. The lowest BCUT2D eigenvalue weighted by Gasteiger charge is -2.27. The number of anilines is 1. The summed E-state index contributed by atoms with van der Waals surface area (Å²) in [6.45, 7) is 6.24. The van der Waals surface area contributed by atoms with Crippen molar-refractivity contribution in [3.63, 3.8) is 0 Å². The summed E-state index contributed by atoms with van der Waals surface area (Å²) in [5.41, 5.74) is 3.24. The smallest absolute Gasteiger partial charge is 0.228 e. The van der Waals surface area contributed by atoms with E-state index in [1.165, 1.54) is 5.56 Å². The Labute approximate surface area is 144 Å². The van der Waals surface area contributed by atoms with Gasteiger partial charge >= 0.3 is 0 Å². The molecule has 2 unspecified atom stereocenters. The molecule has 2 heterocycles. The second-order valence-electron chi connectivity index (χ2n) is 7.01. The van der Waals surface area contributed by atoms with Gasteiger partial charge in [0.05, 0.1) is 5.92 Å². The van der Waals surface area contributed by atoms with E-state index in [4.69, 9.17) is 0 Å². The number of likely N-dealkylation sites (tertiary alicyclic amines) is 1. The lowest BCUT2D eigenvalue weighted by atomic mass is 10.1. The van der Waals surface area contributed by atoms with Gasteiger partial charge in [0.2, 0.25) is 11.8 Å². The lowest BCUT2D eigenvalue weighted by Crippen LogP contribution is -2.44. The van der Waals surface area contributed by atoms with Crippen molar-refractivity contribution >= 4 is 17.5 Å². The summed E-state index contributed by atoms with van der Waals surface area (Å²) < 4.78 is 0. The summed E-state index contributed by atoms with van der Waals surface area (Å²) >= 11 is 0. The molecule has 0 aliphatic carbocycles. The Kier molecular flexibility index (Phi) is 4.90. The number of hydrogen-bond acceptors (Lipinski definition) is 3. The third-order valence-corrected chi connectivity index (χ3v) is 5.44. The van der Waals surface area contributed by atoms with Gasteiger partial charge < -0.3 is 15.1 Å². The Hall–Kier alpha value is -1.88. The average Bonchev–Trinajstić information content (AvgIpc) is 3.17. The van der Waals surface area contributed by atoms with Crippen molar-refractivity contribution in [2.75, 3.05) is 31.6 Å². The standard InChI is InChI=1S/C19H27N3O2/c1-13-6-4-8-17(14(13)2)22-12-15(10-18(22)23)19(24)21-9-5-7-16(21)11-20-3/h4,6,8,15-16,20H,5,7,9-12H2,1-3H3. The summed E-state index contributed by atoms with van der Waals surface area (Å²) in [7, 11) is 1.92. The molecule has 3 rings (SSSR count). The summed E-state index contributed by atoms with van der Waals surface area (Å²) in [4.78, 5) is 29.2. The molecule has 0 spiro atoms.